The standard InChI is InChI=1S/C23H34N6O2/c1-17(2)13-20(28-11-9-27(10-12-28)19-5-3-4-6-19)23-24-25-26-29(23)15-18-7-8-21-22(14-18)31-16-30-21/h7-8,14,17,19-20H,3-6,9-13,15-16H2,1-2H3/p+2/t20-/m1/s1. The van der Waals surface area contributed by atoms with Gasteiger partial charge in [-0.15, -0.1) is 5.10 Å². The molecule has 1 saturated heterocycles. The average Bonchev–Trinajstić information content (AvgIpc) is 3.53. The maximum Gasteiger partial charge on any atom is 0.231 e. The van der Waals surface area contributed by atoms with Gasteiger partial charge in [-0.25, -0.2) is 4.68 Å². The zero-order valence-corrected chi connectivity index (χ0v) is 18.8. The average molecular weight is 429 g/mol. The lowest BCUT2D eigenvalue weighted by Gasteiger charge is -2.36. The summed E-state index contributed by atoms with van der Waals surface area (Å²) in [6, 6.07) is 7.34. The molecule has 2 aromatic rings. The molecule has 1 aromatic heterocycles. The van der Waals surface area contributed by atoms with E-state index in [4.69, 9.17) is 9.47 Å². The minimum atomic E-state index is 0.295. The van der Waals surface area contributed by atoms with Crippen molar-refractivity contribution in [3.05, 3.63) is 29.6 Å². The Morgan fingerprint density at radius 3 is 2.61 bits per heavy atom. The molecule has 8 nitrogen and oxygen atoms in total. The summed E-state index contributed by atoms with van der Waals surface area (Å²) in [7, 11) is 0. The van der Waals surface area contributed by atoms with Crippen LogP contribution in [0.4, 0.5) is 0 Å². The normalized spacial score (nSPS) is 24.7. The fourth-order valence-electron chi connectivity index (χ4n) is 5.70. The fourth-order valence-corrected chi connectivity index (χ4v) is 5.70. The lowest BCUT2D eigenvalue weighted by Crippen LogP contribution is -3.29. The van der Waals surface area contributed by atoms with E-state index in [2.05, 4.69) is 35.4 Å². The molecular formula is C23H36N6O2+2. The van der Waals surface area contributed by atoms with Crippen LogP contribution in [0.2, 0.25) is 0 Å². The summed E-state index contributed by atoms with van der Waals surface area (Å²) in [5, 5.41) is 13.0. The van der Waals surface area contributed by atoms with E-state index in [9.17, 15) is 0 Å². The zero-order valence-electron chi connectivity index (χ0n) is 18.8. The number of quaternary nitrogens is 2. The first kappa shape index (κ1) is 20.7. The molecule has 2 N–H and O–H groups in total. The molecule has 1 aliphatic carbocycles. The number of fused-ring (bicyclic) bond motifs is 1. The molecule has 8 heteroatoms. The van der Waals surface area contributed by atoms with Gasteiger partial charge in [0.1, 0.15) is 26.2 Å². The zero-order chi connectivity index (χ0) is 21.2. The van der Waals surface area contributed by atoms with Gasteiger partial charge >= 0.3 is 0 Å². The summed E-state index contributed by atoms with van der Waals surface area (Å²) < 4.78 is 13.0. The van der Waals surface area contributed by atoms with Crippen molar-refractivity contribution in [2.75, 3.05) is 33.0 Å². The first-order valence-corrected chi connectivity index (χ1v) is 12.0. The van der Waals surface area contributed by atoms with Gasteiger partial charge in [0.15, 0.2) is 17.5 Å². The third-order valence-corrected chi connectivity index (χ3v) is 7.31. The van der Waals surface area contributed by atoms with E-state index in [-0.39, 0.29) is 0 Å². The molecule has 3 aliphatic rings. The van der Waals surface area contributed by atoms with Crippen molar-refractivity contribution >= 4 is 0 Å². The molecule has 1 atom stereocenters. The van der Waals surface area contributed by atoms with Crippen LogP contribution < -0.4 is 19.3 Å². The summed E-state index contributed by atoms with van der Waals surface area (Å²) in [4.78, 5) is 3.49. The quantitative estimate of drug-likeness (QED) is 0.662. The number of tetrazole rings is 1. The van der Waals surface area contributed by atoms with Gasteiger partial charge in [-0.1, -0.05) is 19.9 Å². The van der Waals surface area contributed by atoms with E-state index in [0.717, 1.165) is 35.3 Å². The minimum Gasteiger partial charge on any atom is -0.454 e. The highest BCUT2D eigenvalue weighted by molar-refractivity contribution is 5.44. The molecule has 0 radical (unpaired) electrons. The Kier molecular flexibility index (Phi) is 6.09. The maximum absolute atomic E-state index is 5.55. The molecule has 1 aromatic carbocycles. The smallest absolute Gasteiger partial charge is 0.231 e. The SMILES string of the molecule is CC(C)C[C@H](c1nnnn1Cc1ccc2c(c1)OCO2)[NH+]1CC[NH+](C2CCCC2)CC1. The summed E-state index contributed by atoms with van der Waals surface area (Å²) in [6.45, 7) is 10.5. The summed E-state index contributed by atoms with van der Waals surface area (Å²) in [5.41, 5.74) is 1.13. The van der Waals surface area contributed by atoms with Gasteiger partial charge in [0.25, 0.3) is 0 Å². The van der Waals surface area contributed by atoms with Gasteiger partial charge in [0, 0.05) is 6.42 Å². The van der Waals surface area contributed by atoms with E-state index in [1.807, 2.05) is 21.7 Å². The van der Waals surface area contributed by atoms with Crippen LogP contribution in [0, 0.1) is 5.92 Å². The van der Waals surface area contributed by atoms with Gasteiger partial charge in [-0.2, -0.15) is 0 Å². The topological polar surface area (TPSA) is 70.9 Å². The molecule has 0 amide bonds. The van der Waals surface area contributed by atoms with Crippen molar-refractivity contribution < 1.29 is 19.3 Å². The number of hydrogen-bond acceptors (Lipinski definition) is 5. The van der Waals surface area contributed by atoms with Gasteiger partial charge in [0.05, 0.1) is 12.6 Å². The van der Waals surface area contributed by atoms with Crippen molar-refractivity contribution in [1.29, 1.82) is 0 Å². The molecule has 5 rings (SSSR count). The molecule has 0 spiro atoms. The van der Waals surface area contributed by atoms with Crippen molar-refractivity contribution in [2.24, 2.45) is 5.92 Å². The number of piperazine rings is 1. The molecule has 168 valence electrons. The van der Waals surface area contributed by atoms with Gasteiger partial charge in [-0.05, 0) is 59.7 Å². The Balaban J connectivity index is 1.31. The number of benzene rings is 1. The van der Waals surface area contributed by atoms with Gasteiger partial charge in [-0.3, -0.25) is 0 Å². The predicted octanol–water partition coefficient (Wildman–Crippen LogP) is 0.263. The van der Waals surface area contributed by atoms with Crippen LogP contribution >= 0.6 is 0 Å². The number of nitrogens with zero attached hydrogens (tertiary/aromatic N) is 4. The van der Waals surface area contributed by atoms with E-state index in [1.54, 1.807) is 4.90 Å². The van der Waals surface area contributed by atoms with Gasteiger partial charge < -0.3 is 19.3 Å². The number of ether oxygens (including phenoxy) is 2. The molecule has 0 bridgehead atoms. The second kappa shape index (κ2) is 9.12. The highest BCUT2D eigenvalue weighted by Crippen LogP contribution is 2.32. The third-order valence-electron chi connectivity index (χ3n) is 7.31. The first-order valence-electron chi connectivity index (χ1n) is 12.0. The molecule has 3 heterocycles. The first-order chi connectivity index (χ1) is 15.2. The highest BCUT2D eigenvalue weighted by atomic mass is 16.7. The van der Waals surface area contributed by atoms with Crippen LogP contribution in [0.1, 0.15) is 63.4 Å². The summed E-state index contributed by atoms with van der Waals surface area (Å²) in [5.74, 6) is 3.24. The Morgan fingerprint density at radius 1 is 1.06 bits per heavy atom. The van der Waals surface area contributed by atoms with Crippen LogP contribution in [0.3, 0.4) is 0 Å². The summed E-state index contributed by atoms with van der Waals surface area (Å²) in [6.07, 6.45) is 6.81. The van der Waals surface area contributed by atoms with Crippen LogP contribution in [-0.4, -0.2) is 59.2 Å². The molecule has 2 aliphatic heterocycles. The minimum absolute atomic E-state index is 0.295. The molecule has 2 fully saturated rings. The largest absolute Gasteiger partial charge is 0.454 e. The number of aromatic nitrogens is 4. The van der Waals surface area contributed by atoms with E-state index in [0.29, 0.717) is 25.3 Å². The Morgan fingerprint density at radius 2 is 1.84 bits per heavy atom. The van der Waals surface area contributed by atoms with Crippen LogP contribution in [0.5, 0.6) is 11.5 Å². The monoisotopic (exact) mass is 428 g/mol. The van der Waals surface area contributed by atoms with Crippen molar-refractivity contribution in [3.8, 4) is 11.5 Å². The van der Waals surface area contributed by atoms with Crippen molar-refractivity contribution in [3.63, 3.8) is 0 Å². The Hall–Kier alpha value is -2.19. The Labute approximate surface area is 184 Å². The summed E-state index contributed by atoms with van der Waals surface area (Å²) >= 11 is 0. The molecular weight excluding hydrogens is 392 g/mol. The second-order valence-corrected chi connectivity index (χ2v) is 9.86. The number of nitrogens with one attached hydrogen (secondary N) is 2. The maximum atomic E-state index is 5.55. The lowest BCUT2D eigenvalue weighted by molar-refractivity contribution is -1.04. The van der Waals surface area contributed by atoms with Crippen LogP contribution in [0.15, 0.2) is 18.2 Å². The van der Waals surface area contributed by atoms with E-state index in [1.165, 1.54) is 51.9 Å². The second-order valence-electron chi connectivity index (χ2n) is 9.86. The Bertz CT molecular complexity index is 871. The lowest BCUT2D eigenvalue weighted by atomic mass is 10.0. The van der Waals surface area contributed by atoms with Crippen LogP contribution in [0.25, 0.3) is 0 Å². The molecule has 0 unspecified atom stereocenters. The van der Waals surface area contributed by atoms with E-state index >= 15 is 0 Å². The van der Waals surface area contributed by atoms with E-state index < -0.39 is 0 Å². The third kappa shape index (κ3) is 4.55. The predicted molar refractivity (Wildman–Crippen MR) is 115 cm³/mol. The number of rotatable bonds is 7. The molecule has 31 heavy (non-hydrogen) atoms. The van der Waals surface area contributed by atoms with Crippen LogP contribution in [-0.2, 0) is 6.54 Å². The number of hydrogen-bond donors (Lipinski definition) is 2. The van der Waals surface area contributed by atoms with Crippen molar-refractivity contribution in [1.82, 2.24) is 20.2 Å². The van der Waals surface area contributed by atoms with Crippen molar-refractivity contribution in [2.45, 2.75) is 64.6 Å². The fraction of sp³-hybridized carbons (Fsp3) is 0.696. The molecule has 1 saturated carbocycles. The highest BCUT2D eigenvalue weighted by Gasteiger charge is 2.37. The van der Waals surface area contributed by atoms with Gasteiger partial charge in [0.2, 0.25) is 12.6 Å².